The molecule has 0 bridgehead atoms. The van der Waals surface area contributed by atoms with Crippen LogP contribution in [0, 0.1) is 6.92 Å². The number of allylic oxidation sites excluding steroid dienone is 1. The molecule has 21 heavy (non-hydrogen) atoms. The quantitative estimate of drug-likeness (QED) is 0.851. The molecule has 0 aliphatic rings. The second kappa shape index (κ2) is 6.19. The predicted octanol–water partition coefficient (Wildman–Crippen LogP) is 4.00. The lowest BCUT2D eigenvalue weighted by Crippen LogP contribution is -2.27. The summed E-state index contributed by atoms with van der Waals surface area (Å²) >= 11 is 6.04. The molecule has 0 unspecified atom stereocenters. The van der Waals surface area contributed by atoms with E-state index < -0.39 is 0 Å². The van der Waals surface area contributed by atoms with E-state index >= 15 is 0 Å². The zero-order valence-electron chi connectivity index (χ0n) is 12.5. The van der Waals surface area contributed by atoms with Crippen LogP contribution >= 0.6 is 11.6 Å². The van der Waals surface area contributed by atoms with Crippen LogP contribution in [-0.4, -0.2) is 17.0 Å². The zero-order valence-corrected chi connectivity index (χ0v) is 13.3. The van der Waals surface area contributed by atoms with Crippen LogP contribution in [0.5, 0.6) is 0 Å². The normalized spacial score (nSPS) is 11.2. The number of fused-ring (bicyclic) bond motifs is 1. The Bertz CT molecular complexity index is 741. The van der Waals surface area contributed by atoms with Gasteiger partial charge in [-0.3, -0.25) is 4.79 Å². The summed E-state index contributed by atoms with van der Waals surface area (Å²) < 4.78 is 1.90. The molecule has 1 amide bonds. The molecule has 2 aromatic rings. The summed E-state index contributed by atoms with van der Waals surface area (Å²) in [5.41, 5.74) is 3.45. The minimum absolute atomic E-state index is 0.104. The molecule has 110 valence electrons. The first-order chi connectivity index (χ1) is 9.95. The lowest BCUT2D eigenvalue weighted by Gasteiger charge is -2.07. The van der Waals surface area contributed by atoms with Crippen molar-refractivity contribution in [2.75, 3.05) is 6.54 Å². The number of halogens is 1. The molecule has 2 rings (SSSR count). The Kier molecular flexibility index (Phi) is 4.53. The van der Waals surface area contributed by atoms with Gasteiger partial charge in [0, 0.05) is 29.5 Å². The minimum atomic E-state index is -0.104. The van der Waals surface area contributed by atoms with E-state index in [-0.39, 0.29) is 5.91 Å². The fourth-order valence-electron chi connectivity index (χ4n) is 2.50. The SMILES string of the molecule is C=C(/C=C\C)CNC(=O)c1c(C)c2cc(Cl)ccc2n1C. The van der Waals surface area contributed by atoms with Gasteiger partial charge in [-0.25, -0.2) is 0 Å². The van der Waals surface area contributed by atoms with E-state index in [0.717, 1.165) is 22.0 Å². The van der Waals surface area contributed by atoms with E-state index in [1.165, 1.54) is 0 Å². The number of nitrogens with zero attached hydrogens (tertiary/aromatic N) is 1. The molecule has 0 spiro atoms. The van der Waals surface area contributed by atoms with Crippen LogP contribution in [0.4, 0.5) is 0 Å². The average Bonchev–Trinajstić information content (AvgIpc) is 2.68. The smallest absolute Gasteiger partial charge is 0.268 e. The maximum Gasteiger partial charge on any atom is 0.268 e. The first kappa shape index (κ1) is 15.4. The van der Waals surface area contributed by atoms with Crippen LogP contribution in [0.25, 0.3) is 10.9 Å². The largest absolute Gasteiger partial charge is 0.347 e. The fraction of sp³-hybridized carbons (Fsp3) is 0.235. The topological polar surface area (TPSA) is 34.0 Å². The van der Waals surface area contributed by atoms with E-state index in [1.807, 2.05) is 55.8 Å². The standard InChI is InChI=1S/C17H19ClN2O/c1-5-6-11(2)10-19-17(21)16-12(3)14-9-13(18)7-8-15(14)20(16)4/h5-9H,2,10H2,1,3-4H3,(H,19,21)/b6-5-. The van der Waals surface area contributed by atoms with Crippen molar-refractivity contribution in [2.45, 2.75) is 13.8 Å². The van der Waals surface area contributed by atoms with Gasteiger partial charge in [0.25, 0.3) is 5.91 Å². The molecule has 1 aromatic heterocycles. The Morgan fingerprint density at radius 2 is 2.19 bits per heavy atom. The number of hydrogen-bond acceptors (Lipinski definition) is 1. The summed E-state index contributed by atoms with van der Waals surface area (Å²) in [6.07, 6.45) is 3.78. The van der Waals surface area contributed by atoms with Gasteiger partial charge in [-0.15, -0.1) is 0 Å². The second-order valence-corrected chi connectivity index (χ2v) is 5.47. The summed E-state index contributed by atoms with van der Waals surface area (Å²) in [6, 6.07) is 5.65. The molecule has 0 atom stereocenters. The van der Waals surface area contributed by atoms with Gasteiger partial charge in [-0.2, -0.15) is 0 Å². The molecular weight excluding hydrogens is 284 g/mol. The number of amides is 1. The third-order valence-electron chi connectivity index (χ3n) is 3.51. The van der Waals surface area contributed by atoms with Crippen LogP contribution < -0.4 is 5.32 Å². The van der Waals surface area contributed by atoms with Crippen LogP contribution in [0.1, 0.15) is 23.0 Å². The maximum absolute atomic E-state index is 12.4. The molecule has 0 fully saturated rings. The second-order valence-electron chi connectivity index (χ2n) is 5.04. The molecule has 0 saturated heterocycles. The molecule has 0 radical (unpaired) electrons. The van der Waals surface area contributed by atoms with Crippen molar-refractivity contribution in [1.82, 2.24) is 9.88 Å². The van der Waals surface area contributed by atoms with Crippen molar-refractivity contribution in [3.05, 3.63) is 58.8 Å². The Labute approximate surface area is 129 Å². The lowest BCUT2D eigenvalue weighted by atomic mass is 10.1. The van der Waals surface area contributed by atoms with Gasteiger partial charge in [-0.05, 0) is 43.2 Å². The fourth-order valence-corrected chi connectivity index (χ4v) is 2.67. The number of rotatable bonds is 4. The number of hydrogen-bond donors (Lipinski definition) is 1. The van der Waals surface area contributed by atoms with Gasteiger partial charge in [0.05, 0.1) is 0 Å². The van der Waals surface area contributed by atoms with Crippen molar-refractivity contribution in [3.8, 4) is 0 Å². The number of aromatic nitrogens is 1. The van der Waals surface area contributed by atoms with E-state index in [1.54, 1.807) is 0 Å². The third kappa shape index (κ3) is 3.03. The summed E-state index contributed by atoms with van der Waals surface area (Å²) in [6.45, 7) is 8.18. The van der Waals surface area contributed by atoms with Crippen molar-refractivity contribution >= 4 is 28.4 Å². The molecule has 1 heterocycles. The summed E-state index contributed by atoms with van der Waals surface area (Å²) in [7, 11) is 1.89. The van der Waals surface area contributed by atoms with Crippen LogP contribution in [0.2, 0.25) is 5.02 Å². The van der Waals surface area contributed by atoms with E-state index in [4.69, 9.17) is 11.6 Å². The van der Waals surface area contributed by atoms with Gasteiger partial charge in [0.2, 0.25) is 0 Å². The number of aryl methyl sites for hydroxylation is 2. The average molecular weight is 303 g/mol. The molecule has 1 aromatic carbocycles. The third-order valence-corrected chi connectivity index (χ3v) is 3.74. The summed E-state index contributed by atoms with van der Waals surface area (Å²) in [4.78, 5) is 12.4. The Morgan fingerprint density at radius 1 is 1.48 bits per heavy atom. The van der Waals surface area contributed by atoms with Crippen LogP contribution in [0.3, 0.4) is 0 Å². The van der Waals surface area contributed by atoms with Gasteiger partial charge >= 0.3 is 0 Å². The molecule has 1 N–H and O–H groups in total. The molecule has 0 aliphatic heterocycles. The highest BCUT2D eigenvalue weighted by molar-refractivity contribution is 6.31. The zero-order chi connectivity index (χ0) is 15.6. The van der Waals surface area contributed by atoms with Gasteiger partial charge in [-0.1, -0.05) is 30.3 Å². The van der Waals surface area contributed by atoms with E-state index in [9.17, 15) is 4.79 Å². The van der Waals surface area contributed by atoms with E-state index in [2.05, 4.69) is 11.9 Å². The van der Waals surface area contributed by atoms with Crippen molar-refractivity contribution in [2.24, 2.45) is 7.05 Å². The van der Waals surface area contributed by atoms with E-state index in [0.29, 0.717) is 17.3 Å². The van der Waals surface area contributed by atoms with Crippen LogP contribution in [-0.2, 0) is 7.05 Å². The summed E-state index contributed by atoms with van der Waals surface area (Å²) in [5, 5.41) is 4.57. The Balaban J connectivity index is 2.33. The van der Waals surface area contributed by atoms with Crippen molar-refractivity contribution in [1.29, 1.82) is 0 Å². The monoisotopic (exact) mass is 302 g/mol. The van der Waals surface area contributed by atoms with Crippen LogP contribution in [0.15, 0.2) is 42.5 Å². The minimum Gasteiger partial charge on any atom is -0.347 e. The predicted molar refractivity (Wildman–Crippen MR) is 89.0 cm³/mol. The van der Waals surface area contributed by atoms with Crippen molar-refractivity contribution < 1.29 is 4.79 Å². The van der Waals surface area contributed by atoms with Gasteiger partial charge in [0.1, 0.15) is 5.69 Å². The highest BCUT2D eigenvalue weighted by Crippen LogP contribution is 2.27. The lowest BCUT2D eigenvalue weighted by molar-refractivity contribution is 0.0949. The van der Waals surface area contributed by atoms with Gasteiger partial charge in [0.15, 0.2) is 0 Å². The number of benzene rings is 1. The molecule has 3 nitrogen and oxygen atoms in total. The Hall–Kier alpha value is -2.00. The Morgan fingerprint density at radius 3 is 2.86 bits per heavy atom. The molecule has 0 aliphatic carbocycles. The number of carbonyl (C=O) groups is 1. The molecular formula is C17H19ClN2O. The first-order valence-electron chi connectivity index (χ1n) is 6.79. The first-order valence-corrected chi connectivity index (χ1v) is 7.16. The molecule has 4 heteroatoms. The van der Waals surface area contributed by atoms with Crippen molar-refractivity contribution in [3.63, 3.8) is 0 Å². The molecule has 0 saturated carbocycles. The highest BCUT2D eigenvalue weighted by Gasteiger charge is 2.18. The number of nitrogens with one attached hydrogen (secondary N) is 1. The number of carbonyl (C=O) groups excluding carboxylic acids is 1. The highest BCUT2D eigenvalue weighted by atomic mass is 35.5. The maximum atomic E-state index is 12.4. The van der Waals surface area contributed by atoms with Gasteiger partial charge < -0.3 is 9.88 Å². The summed E-state index contributed by atoms with van der Waals surface area (Å²) in [5.74, 6) is -0.104.